The lowest BCUT2D eigenvalue weighted by atomic mass is 10.1. The number of para-hydroxylation sites is 1. The van der Waals surface area contributed by atoms with Crippen LogP contribution < -0.4 is 11.1 Å². The Morgan fingerprint density at radius 1 is 1.25 bits per heavy atom. The molecule has 0 heterocycles. The number of unbranched alkanes of at least 4 members (excludes halogenated alkanes) is 2. The smallest absolute Gasteiger partial charge is 0.0579 e. The van der Waals surface area contributed by atoms with Gasteiger partial charge in [-0.05, 0) is 37.8 Å². The molecule has 0 amide bonds. The lowest BCUT2D eigenvalue weighted by Gasteiger charge is -2.10. The van der Waals surface area contributed by atoms with E-state index in [1.807, 2.05) is 25.1 Å². The van der Waals surface area contributed by atoms with Gasteiger partial charge in [0.15, 0.2) is 0 Å². The number of ether oxygens (including phenoxy) is 1. The maximum absolute atomic E-state index is 5.96. The minimum absolute atomic E-state index is 0.854. The van der Waals surface area contributed by atoms with E-state index >= 15 is 0 Å². The van der Waals surface area contributed by atoms with E-state index in [4.69, 9.17) is 10.5 Å². The Balaban J connectivity index is 2.24. The van der Waals surface area contributed by atoms with E-state index in [2.05, 4.69) is 5.32 Å². The molecule has 0 spiro atoms. The van der Waals surface area contributed by atoms with Crippen molar-refractivity contribution in [2.75, 3.05) is 31.3 Å². The van der Waals surface area contributed by atoms with E-state index in [0.717, 1.165) is 42.9 Å². The minimum atomic E-state index is 0.854. The zero-order valence-corrected chi connectivity index (χ0v) is 10.3. The number of anilines is 2. The fourth-order valence-electron chi connectivity index (χ4n) is 1.61. The molecule has 3 nitrogen and oxygen atoms in total. The van der Waals surface area contributed by atoms with Crippen LogP contribution in [-0.2, 0) is 4.74 Å². The van der Waals surface area contributed by atoms with Gasteiger partial charge in [0, 0.05) is 20.3 Å². The van der Waals surface area contributed by atoms with E-state index in [0.29, 0.717) is 0 Å². The highest BCUT2D eigenvalue weighted by molar-refractivity contribution is 5.69. The van der Waals surface area contributed by atoms with Gasteiger partial charge in [0.2, 0.25) is 0 Å². The number of nitrogens with two attached hydrogens (primary N) is 1. The summed E-state index contributed by atoms with van der Waals surface area (Å²) >= 11 is 0. The van der Waals surface area contributed by atoms with E-state index in [1.165, 1.54) is 6.42 Å². The average molecular weight is 222 g/mol. The first kappa shape index (κ1) is 12.8. The Morgan fingerprint density at radius 2 is 2.06 bits per heavy atom. The molecule has 0 aliphatic carbocycles. The van der Waals surface area contributed by atoms with Crippen LogP contribution in [0.15, 0.2) is 18.2 Å². The molecule has 0 radical (unpaired) electrons. The molecule has 1 rings (SSSR count). The van der Waals surface area contributed by atoms with Crippen molar-refractivity contribution >= 4 is 11.4 Å². The largest absolute Gasteiger partial charge is 0.397 e. The van der Waals surface area contributed by atoms with Gasteiger partial charge in [0.25, 0.3) is 0 Å². The maximum Gasteiger partial charge on any atom is 0.0579 e. The van der Waals surface area contributed by atoms with Gasteiger partial charge in [-0.1, -0.05) is 12.1 Å². The predicted octanol–water partition coefficient (Wildman–Crippen LogP) is 2.81. The van der Waals surface area contributed by atoms with Crippen LogP contribution in [0.5, 0.6) is 0 Å². The predicted molar refractivity (Wildman–Crippen MR) is 69.8 cm³/mol. The molecule has 1 aromatic carbocycles. The summed E-state index contributed by atoms with van der Waals surface area (Å²) in [6.07, 6.45) is 3.46. The summed E-state index contributed by atoms with van der Waals surface area (Å²) in [5.41, 5.74) is 9.00. The number of hydrogen-bond acceptors (Lipinski definition) is 3. The monoisotopic (exact) mass is 222 g/mol. The van der Waals surface area contributed by atoms with Gasteiger partial charge in [-0.2, -0.15) is 0 Å². The Hall–Kier alpha value is -1.22. The SMILES string of the molecule is COCCCCCNc1cccc(C)c1N. The van der Waals surface area contributed by atoms with Crippen LogP contribution in [0.25, 0.3) is 0 Å². The summed E-state index contributed by atoms with van der Waals surface area (Å²) in [5.74, 6) is 0. The third-order valence-electron chi connectivity index (χ3n) is 2.66. The summed E-state index contributed by atoms with van der Waals surface area (Å²) in [7, 11) is 1.74. The first-order valence-corrected chi connectivity index (χ1v) is 5.83. The second kappa shape index (κ2) is 7.12. The molecule has 1 aromatic rings. The third-order valence-corrected chi connectivity index (χ3v) is 2.66. The Kier molecular flexibility index (Phi) is 5.72. The summed E-state index contributed by atoms with van der Waals surface area (Å²) in [4.78, 5) is 0. The molecule has 3 heteroatoms. The van der Waals surface area contributed by atoms with Crippen molar-refractivity contribution in [2.24, 2.45) is 0 Å². The van der Waals surface area contributed by atoms with Gasteiger partial charge >= 0.3 is 0 Å². The molecule has 0 aliphatic rings. The molecule has 0 atom stereocenters. The molecule has 0 aliphatic heterocycles. The number of rotatable bonds is 7. The molecule has 90 valence electrons. The molecular weight excluding hydrogens is 200 g/mol. The highest BCUT2D eigenvalue weighted by atomic mass is 16.5. The van der Waals surface area contributed by atoms with Crippen LogP contribution in [0.4, 0.5) is 11.4 Å². The standard InChI is InChI=1S/C13H22N2O/c1-11-7-6-8-12(13(11)14)15-9-4-3-5-10-16-2/h6-8,15H,3-5,9-10,14H2,1-2H3. The Labute approximate surface area is 98.0 Å². The van der Waals surface area contributed by atoms with Crippen molar-refractivity contribution in [1.82, 2.24) is 0 Å². The number of aryl methyl sites for hydroxylation is 1. The van der Waals surface area contributed by atoms with E-state index < -0.39 is 0 Å². The van der Waals surface area contributed by atoms with E-state index in [-0.39, 0.29) is 0 Å². The average Bonchev–Trinajstić information content (AvgIpc) is 2.29. The first-order chi connectivity index (χ1) is 7.75. The van der Waals surface area contributed by atoms with Gasteiger partial charge < -0.3 is 15.8 Å². The first-order valence-electron chi connectivity index (χ1n) is 5.83. The van der Waals surface area contributed by atoms with Crippen LogP contribution in [0.1, 0.15) is 24.8 Å². The van der Waals surface area contributed by atoms with E-state index in [1.54, 1.807) is 7.11 Å². The van der Waals surface area contributed by atoms with Crippen LogP contribution in [-0.4, -0.2) is 20.3 Å². The number of benzene rings is 1. The third kappa shape index (κ3) is 4.11. The van der Waals surface area contributed by atoms with Crippen molar-refractivity contribution in [3.05, 3.63) is 23.8 Å². The van der Waals surface area contributed by atoms with Crippen molar-refractivity contribution in [3.8, 4) is 0 Å². The van der Waals surface area contributed by atoms with Crippen molar-refractivity contribution in [1.29, 1.82) is 0 Å². The minimum Gasteiger partial charge on any atom is -0.397 e. The summed E-state index contributed by atoms with van der Waals surface area (Å²) in [6, 6.07) is 6.08. The molecule has 16 heavy (non-hydrogen) atoms. The topological polar surface area (TPSA) is 47.3 Å². The van der Waals surface area contributed by atoms with Gasteiger partial charge in [-0.3, -0.25) is 0 Å². The van der Waals surface area contributed by atoms with Crippen LogP contribution in [0.2, 0.25) is 0 Å². The summed E-state index contributed by atoms with van der Waals surface area (Å²) in [6.45, 7) is 3.85. The lowest BCUT2D eigenvalue weighted by molar-refractivity contribution is 0.192. The Morgan fingerprint density at radius 3 is 2.81 bits per heavy atom. The van der Waals surface area contributed by atoms with Gasteiger partial charge in [-0.25, -0.2) is 0 Å². The van der Waals surface area contributed by atoms with Crippen LogP contribution >= 0.6 is 0 Å². The Bertz CT molecular complexity index is 313. The molecule has 0 aromatic heterocycles. The normalized spacial score (nSPS) is 10.4. The molecular formula is C13H22N2O. The van der Waals surface area contributed by atoms with Gasteiger partial charge in [0.1, 0.15) is 0 Å². The maximum atomic E-state index is 5.96. The van der Waals surface area contributed by atoms with Crippen molar-refractivity contribution < 1.29 is 4.74 Å². The molecule has 0 fully saturated rings. The van der Waals surface area contributed by atoms with E-state index in [9.17, 15) is 0 Å². The van der Waals surface area contributed by atoms with Crippen LogP contribution in [0.3, 0.4) is 0 Å². The van der Waals surface area contributed by atoms with Gasteiger partial charge in [0.05, 0.1) is 11.4 Å². The second-order valence-electron chi connectivity index (χ2n) is 4.02. The number of nitrogens with one attached hydrogen (secondary N) is 1. The lowest BCUT2D eigenvalue weighted by Crippen LogP contribution is -2.05. The molecule has 0 saturated carbocycles. The quantitative estimate of drug-likeness (QED) is 0.551. The van der Waals surface area contributed by atoms with Crippen molar-refractivity contribution in [2.45, 2.75) is 26.2 Å². The molecule has 0 bridgehead atoms. The highest BCUT2D eigenvalue weighted by Gasteiger charge is 1.99. The molecule has 0 saturated heterocycles. The fourth-order valence-corrected chi connectivity index (χ4v) is 1.61. The fraction of sp³-hybridized carbons (Fsp3) is 0.538. The number of hydrogen-bond donors (Lipinski definition) is 2. The molecule has 0 unspecified atom stereocenters. The van der Waals surface area contributed by atoms with Crippen LogP contribution in [0, 0.1) is 6.92 Å². The summed E-state index contributed by atoms with van der Waals surface area (Å²) < 4.78 is 5.00. The van der Waals surface area contributed by atoms with Gasteiger partial charge in [-0.15, -0.1) is 0 Å². The summed E-state index contributed by atoms with van der Waals surface area (Å²) in [5, 5.41) is 3.36. The second-order valence-corrected chi connectivity index (χ2v) is 4.02. The zero-order chi connectivity index (χ0) is 11.8. The van der Waals surface area contributed by atoms with Crippen molar-refractivity contribution in [3.63, 3.8) is 0 Å². The number of nitrogen functional groups attached to an aromatic ring is 1. The highest BCUT2D eigenvalue weighted by Crippen LogP contribution is 2.21. The zero-order valence-electron chi connectivity index (χ0n) is 10.3. The molecule has 3 N–H and O–H groups in total. The number of methoxy groups -OCH3 is 1.